The van der Waals surface area contributed by atoms with Gasteiger partial charge in [0.05, 0.1) is 0 Å². The standard InChI is InChI=1S/C12H22N2.CHF3O3S/c1-4-6-7-12(5-2)11(3)14-9-8-13-10-14;2-1(3,4)8(5,6)7/h8-12H,4-7H2,1-3H3;(H,5,6,7). The number of unbranched alkanes of at least 4 members (excludes halogenated alkanes) is 1. The van der Waals surface area contributed by atoms with Crippen LogP contribution in [0.3, 0.4) is 0 Å². The van der Waals surface area contributed by atoms with Crippen LogP contribution in [0.1, 0.15) is 52.5 Å². The maximum atomic E-state index is 10.7. The van der Waals surface area contributed by atoms with Crippen LogP contribution in [0.25, 0.3) is 0 Å². The Morgan fingerprint density at radius 2 is 1.86 bits per heavy atom. The van der Waals surface area contributed by atoms with E-state index in [1.807, 2.05) is 6.20 Å². The normalized spacial score (nSPS) is 14.9. The fourth-order valence-electron chi connectivity index (χ4n) is 2.05. The van der Waals surface area contributed by atoms with E-state index in [-0.39, 0.29) is 0 Å². The van der Waals surface area contributed by atoms with Crippen LogP contribution in [0, 0.1) is 5.92 Å². The summed E-state index contributed by atoms with van der Waals surface area (Å²) in [7, 11) is -6.09. The Bertz CT molecular complexity index is 501. The van der Waals surface area contributed by atoms with Gasteiger partial charge in [0.15, 0.2) is 10.1 Å². The van der Waals surface area contributed by atoms with E-state index in [1.54, 1.807) is 0 Å². The number of nitrogens with one attached hydrogen (secondary N) is 1. The average molecular weight is 344 g/mol. The minimum absolute atomic E-state index is 0.623. The Hall–Kier alpha value is -1.09. The summed E-state index contributed by atoms with van der Waals surface area (Å²) in [4.78, 5) is 3.11. The van der Waals surface area contributed by atoms with E-state index in [0.29, 0.717) is 6.04 Å². The highest BCUT2D eigenvalue weighted by atomic mass is 32.2. The van der Waals surface area contributed by atoms with E-state index in [1.165, 1.54) is 25.7 Å². The van der Waals surface area contributed by atoms with Crippen molar-refractivity contribution >= 4 is 10.1 Å². The lowest BCUT2D eigenvalue weighted by atomic mass is 9.92. The number of aromatic nitrogens is 2. The van der Waals surface area contributed by atoms with Gasteiger partial charge in [0.25, 0.3) is 0 Å². The highest BCUT2D eigenvalue weighted by Gasteiger charge is 2.36. The zero-order valence-corrected chi connectivity index (χ0v) is 13.7. The molecule has 1 N–H and O–H groups in total. The van der Waals surface area contributed by atoms with Gasteiger partial charge in [0.2, 0.25) is 6.33 Å². The molecule has 0 bridgehead atoms. The Morgan fingerprint density at radius 3 is 2.18 bits per heavy atom. The first-order valence-electron chi connectivity index (χ1n) is 7.10. The van der Waals surface area contributed by atoms with Crippen molar-refractivity contribution in [2.75, 3.05) is 0 Å². The van der Waals surface area contributed by atoms with Crippen molar-refractivity contribution in [3.63, 3.8) is 0 Å². The zero-order chi connectivity index (χ0) is 17.4. The molecule has 0 aliphatic heterocycles. The van der Waals surface area contributed by atoms with Crippen molar-refractivity contribution in [2.24, 2.45) is 5.92 Å². The van der Waals surface area contributed by atoms with E-state index in [9.17, 15) is 13.2 Å². The fraction of sp³-hybridized carbons (Fsp3) is 0.769. The summed E-state index contributed by atoms with van der Waals surface area (Å²) < 4.78 is 61.2. The summed E-state index contributed by atoms with van der Waals surface area (Å²) in [6.07, 6.45) is 11.5. The highest BCUT2D eigenvalue weighted by molar-refractivity contribution is 7.86. The van der Waals surface area contributed by atoms with Crippen LogP contribution < -0.4 is 4.57 Å². The number of alkyl halides is 3. The number of imidazole rings is 1. The lowest BCUT2D eigenvalue weighted by molar-refractivity contribution is -0.725. The van der Waals surface area contributed by atoms with E-state index in [2.05, 4.69) is 42.8 Å². The third-order valence-corrected chi connectivity index (χ3v) is 4.02. The molecular formula is C13H23F3N2O3S. The largest absolute Gasteiger partial charge is 0.741 e. The van der Waals surface area contributed by atoms with E-state index < -0.39 is 15.6 Å². The lowest BCUT2D eigenvalue weighted by Crippen LogP contribution is -2.39. The molecule has 0 saturated heterocycles. The quantitative estimate of drug-likeness (QED) is 0.489. The topological polar surface area (TPSA) is 76.9 Å². The number of nitrogens with zero attached hydrogens (tertiary/aromatic N) is 1. The van der Waals surface area contributed by atoms with Gasteiger partial charge < -0.3 is 4.55 Å². The first-order valence-corrected chi connectivity index (χ1v) is 8.51. The second-order valence-corrected chi connectivity index (χ2v) is 6.38. The summed E-state index contributed by atoms with van der Waals surface area (Å²) in [5.74, 6) is 0.816. The van der Waals surface area contributed by atoms with Gasteiger partial charge in [-0.05, 0) is 25.7 Å². The molecule has 9 heteroatoms. The molecule has 1 aromatic heterocycles. The van der Waals surface area contributed by atoms with Crippen LogP contribution in [0.4, 0.5) is 13.2 Å². The maximum absolute atomic E-state index is 10.7. The maximum Gasteiger partial charge on any atom is 0.485 e. The minimum atomic E-state index is -6.09. The van der Waals surface area contributed by atoms with Gasteiger partial charge in [-0.2, -0.15) is 13.2 Å². The monoisotopic (exact) mass is 344 g/mol. The van der Waals surface area contributed by atoms with Crippen LogP contribution in [0.2, 0.25) is 0 Å². The van der Waals surface area contributed by atoms with Crippen molar-refractivity contribution in [3.8, 4) is 0 Å². The van der Waals surface area contributed by atoms with Gasteiger partial charge in [0.1, 0.15) is 18.4 Å². The molecule has 5 nitrogen and oxygen atoms in total. The molecule has 0 aromatic carbocycles. The van der Waals surface area contributed by atoms with Crippen LogP contribution >= 0.6 is 0 Å². The lowest BCUT2D eigenvalue weighted by Gasteiger charge is -2.19. The predicted octanol–water partition coefficient (Wildman–Crippen LogP) is 3.13. The predicted molar refractivity (Wildman–Crippen MR) is 74.8 cm³/mol. The van der Waals surface area contributed by atoms with Crippen molar-refractivity contribution in [2.45, 2.75) is 58.0 Å². The molecule has 2 atom stereocenters. The summed E-state index contributed by atoms with van der Waals surface area (Å²) in [5.41, 5.74) is -5.65. The molecule has 130 valence electrons. The van der Waals surface area contributed by atoms with Gasteiger partial charge in [-0.1, -0.05) is 26.7 Å². The number of H-pyrrole nitrogens is 1. The van der Waals surface area contributed by atoms with Crippen molar-refractivity contribution < 1.29 is 30.7 Å². The van der Waals surface area contributed by atoms with Gasteiger partial charge >= 0.3 is 5.51 Å². The number of hydrogen-bond acceptors (Lipinski definition) is 3. The fourth-order valence-corrected chi connectivity index (χ4v) is 2.05. The Morgan fingerprint density at radius 1 is 1.32 bits per heavy atom. The molecule has 22 heavy (non-hydrogen) atoms. The molecular weight excluding hydrogens is 321 g/mol. The second kappa shape index (κ2) is 9.14. The van der Waals surface area contributed by atoms with Crippen LogP contribution in [0.5, 0.6) is 0 Å². The van der Waals surface area contributed by atoms with Crippen molar-refractivity contribution in [1.82, 2.24) is 4.98 Å². The SMILES string of the molecule is CCCCC(CC)C(C)[n+]1cc[nH]c1.O=S(=O)([O-])C(F)(F)F. The smallest absolute Gasteiger partial charge is 0.485 e. The molecule has 0 aliphatic rings. The number of halogens is 3. The molecule has 0 radical (unpaired) electrons. The van der Waals surface area contributed by atoms with Crippen LogP contribution in [0.15, 0.2) is 18.7 Å². The summed E-state index contributed by atoms with van der Waals surface area (Å²) in [6, 6.07) is 0.623. The molecule has 0 amide bonds. The van der Waals surface area contributed by atoms with E-state index in [4.69, 9.17) is 13.0 Å². The highest BCUT2D eigenvalue weighted by Crippen LogP contribution is 2.22. The Kier molecular flexibility index (Phi) is 8.69. The number of rotatable bonds is 6. The van der Waals surface area contributed by atoms with E-state index in [0.717, 1.165) is 5.92 Å². The van der Waals surface area contributed by atoms with E-state index >= 15 is 0 Å². The first-order chi connectivity index (χ1) is 10.0. The minimum Gasteiger partial charge on any atom is -0.741 e. The Balaban J connectivity index is 0.000000472. The number of aromatic amines is 1. The van der Waals surface area contributed by atoms with Crippen LogP contribution in [-0.4, -0.2) is 23.5 Å². The first kappa shape index (κ1) is 20.9. The molecule has 1 heterocycles. The Labute approximate surface area is 129 Å². The third-order valence-electron chi connectivity index (χ3n) is 3.46. The molecule has 0 spiro atoms. The zero-order valence-electron chi connectivity index (χ0n) is 12.9. The summed E-state index contributed by atoms with van der Waals surface area (Å²) in [5, 5.41) is 0. The summed E-state index contributed by atoms with van der Waals surface area (Å²) >= 11 is 0. The molecule has 0 fully saturated rings. The molecule has 0 aliphatic carbocycles. The van der Waals surface area contributed by atoms with Gasteiger partial charge in [-0.25, -0.2) is 13.0 Å². The van der Waals surface area contributed by atoms with Crippen molar-refractivity contribution in [3.05, 3.63) is 18.7 Å². The number of hydrogen-bond donors (Lipinski definition) is 1. The van der Waals surface area contributed by atoms with Crippen LogP contribution in [-0.2, 0) is 10.1 Å². The molecule has 1 aromatic rings. The van der Waals surface area contributed by atoms with Gasteiger partial charge in [-0.15, -0.1) is 0 Å². The van der Waals surface area contributed by atoms with Crippen molar-refractivity contribution in [1.29, 1.82) is 0 Å². The molecule has 2 unspecified atom stereocenters. The third kappa shape index (κ3) is 7.26. The molecule has 0 saturated carbocycles. The average Bonchev–Trinajstić information content (AvgIpc) is 2.91. The summed E-state index contributed by atoms with van der Waals surface area (Å²) in [6.45, 7) is 6.88. The second-order valence-electron chi connectivity index (χ2n) is 5.01. The molecule has 1 rings (SSSR count). The van der Waals surface area contributed by atoms with Gasteiger partial charge in [-0.3, -0.25) is 4.98 Å². The van der Waals surface area contributed by atoms with Gasteiger partial charge in [0, 0.05) is 0 Å².